The van der Waals surface area contributed by atoms with E-state index in [0.717, 1.165) is 56.5 Å². The van der Waals surface area contributed by atoms with Gasteiger partial charge in [-0.05, 0) is 36.5 Å². The molecule has 0 aromatic carbocycles. The van der Waals surface area contributed by atoms with Crippen molar-refractivity contribution in [3.8, 4) is 0 Å². The Morgan fingerprint density at radius 2 is 2.10 bits per heavy atom. The lowest BCUT2D eigenvalue weighted by molar-refractivity contribution is -0.114. The highest BCUT2D eigenvalue weighted by Gasteiger charge is 2.27. The van der Waals surface area contributed by atoms with E-state index in [2.05, 4.69) is 57.4 Å². The number of nitrogens with one attached hydrogen (secondary N) is 1. The number of ether oxygens (including phenoxy) is 1. The highest BCUT2D eigenvalue weighted by Crippen LogP contribution is 2.33. The molecule has 1 aromatic heterocycles. The van der Waals surface area contributed by atoms with Crippen LogP contribution in [-0.2, 0) is 9.53 Å². The van der Waals surface area contributed by atoms with Crippen molar-refractivity contribution < 1.29 is 9.53 Å². The van der Waals surface area contributed by atoms with Crippen molar-refractivity contribution in [2.24, 2.45) is 5.92 Å². The molecular formula is C21H29N5O2S. The van der Waals surface area contributed by atoms with Crippen molar-refractivity contribution in [3.63, 3.8) is 0 Å². The molecule has 1 unspecified atom stereocenters. The summed E-state index contributed by atoms with van der Waals surface area (Å²) >= 11 is 1.43. The summed E-state index contributed by atoms with van der Waals surface area (Å²) in [5, 5.41) is 12.4. The molecule has 3 aliphatic rings. The zero-order valence-electron chi connectivity index (χ0n) is 17.4. The van der Waals surface area contributed by atoms with Gasteiger partial charge in [0.1, 0.15) is 5.76 Å². The molecule has 4 rings (SSSR count). The van der Waals surface area contributed by atoms with Crippen LogP contribution in [0.15, 0.2) is 35.1 Å². The number of piperazine rings is 1. The highest BCUT2D eigenvalue weighted by atomic mass is 32.1. The molecule has 1 aliphatic carbocycles. The van der Waals surface area contributed by atoms with Crippen molar-refractivity contribution in [1.29, 1.82) is 0 Å². The number of aromatic nitrogens is 2. The van der Waals surface area contributed by atoms with Crippen LogP contribution in [0.5, 0.6) is 0 Å². The Morgan fingerprint density at radius 1 is 1.31 bits per heavy atom. The van der Waals surface area contributed by atoms with Gasteiger partial charge in [0.05, 0.1) is 6.61 Å². The molecule has 0 saturated carbocycles. The normalized spacial score (nSPS) is 26.7. The summed E-state index contributed by atoms with van der Waals surface area (Å²) in [6.07, 6.45) is 8.99. The lowest BCUT2D eigenvalue weighted by Gasteiger charge is -2.38. The molecule has 0 spiro atoms. The van der Waals surface area contributed by atoms with E-state index in [4.69, 9.17) is 4.74 Å². The third-order valence-corrected chi connectivity index (χ3v) is 6.85. The lowest BCUT2D eigenvalue weighted by Crippen LogP contribution is -2.50. The molecule has 29 heavy (non-hydrogen) atoms. The largest absolute Gasteiger partial charge is 0.493 e. The van der Waals surface area contributed by atoms with Gasteiger partial charge in [-0.2, -0.15) is 0 Å². The number of hydrogen-bond donors (Lipinski definition) is 1. The maximum Gasteiger partial charge on any atom is 0.223 e. The number of anilines is 2. The first-order valence-electron chi connectivity index (χ1n) is 10.4. The van der Waals surface area contributed by atoms with Crippen LogP contribution < -0.4 is 10.2 Å². The summed E-state index contributed by atoms with van der Waals surface area (Å²) in [4.78, 5) is 15.9. The first kappa shape index (κ1) is 20.1. The highest BCUT2D eigenvalue weighted by molar-refractivity contribution is 7.19. The Labute approximate surface area is 176 Å². The molecular weight excluding hydrogens is 386 g/mol. The van der Waals surface area contributed by atoms with E-state index in [1.54, 1.807) is 0 Å². The van der Waals surface area contributed by atoms with Gasteiger partial charge in [-0.1, -0.05) is 30.4 Å². The topological polar surface area (TPSA) is 70.6 Å². The summed E-state index contributed by atoms with van der Waals surface area (Å²) in [6.45, 7) is 10.6. The fraction of sp³-hybridized carbons (Fsp3) is 0.571. The maximum absolute atomic E-state index is 11.2. The van der Waals surface area contributed by atoms with E-state index >= 15 is 0 Å². The Balaban J connectivity index is 1.40. The second-order valence-electron chi connectivity index (χ2n) is 7.94. The van der Waals surface area contributed by atoms with Crippen LogP contribution in [-0.4, -0.2) is 59.8 Å². The monoisotopic (exact) mass is 415 g/mol. The average molecular weight is 416 g/mol. The fourth-order valence-corrected chi connectivity index (χ4v) is 5.02. The Bertz CT molecular complexity index is 851. The van der Waals surface area contributed by atoms with Crippen LogP contribution in [0, 0.1) is 5.92 Å². The first-order valence-corrected chi connectivity index (χ1v) is 11.2. The number of allylic oxidation sites excluding steroid dienone is 2. The molecule has 156 valence electrons. The van der Waals surface area contributed by atoms with Crippen LogP contribution in [0.2, 0.25) is 0 Å². The van der Waals surface area contributed by atoms with Gasteiger partial charge >= 0.3 is 0 Å². The van der Waals surface area contributed by atoms with Gasteiger partial charge in [0.15, 0.2) is 0 Å². The van der Waals surface area contributed by atoms with Gasteiger partial charge in [-0.15, -0.1) is 10.2 Å². The fourth-order valence-electron chi connectivity index (χ4n) is 4.18. The number of carbonyl (C=O) groups excluding carboxylic acids is 1. The molecule has 0 bridgehead atoms. The molecule has 1 fully saturated rings. The minimum Gasteiger partial charge on any atom is -0.493 e. The summed E-state index contributed by atoms with van der Waals surface area (Å²) in [7, 11) is 0. The number of nitrogens with zero attached hydrogens (tertiary/aromatic N) is 4. The lowest BCUT2D eigenvalue weighted by atomic mass is 9.91. The third-order valence-electron chi connectivity index (χ3n) is 5.95. The number of carbonyl (C=O) groups is 1. The van der Waals surface area contributed by atoms with Crippen LogP contribution >= 0.6 is 11.3 Å². The van der Waals surface area contributed by atoms with Gasteiger partial charge in [-0.3, -0.25) is 9.69 Å². The van der Waals surface area contributed by atoms with Gasteiger partial charge in [0, 0.05) is 45.6 Å². The van der Waals surface area contributed by atoms with E-state index < -0.39 is 0 Å². The number of rotatable bonds is 4. The zero-order valence-corrected chi connectivity index (χ0v) is 18.2. The standard InChI is InChI=1S/C21H29N5O2S/c1-14-5-4-6-17(13-19-18(14)7-12-28-19)15(2)25-8-10-26(11-9-25)21-24-23-20(29-21)22-16(3)27/h4,6,13-15H,5,7-12H2,1-3H3,(H,22,23,27)/b6-4+,17-13+/t14?,15-/m0/s1. The molecule has 8 heteroatoms. The Hall–Kier alpha value is -2.19. The SMILES string of the molecule is CC(=O)Nc1nnc(N2CCN([C@@H](C)C3=C/C4=C(CCO4)C(C)C\C=C\3)CC2)s1. The smallest absolute Gasteiger partial charge is 0.223 e. The van der Waals surface area contributed by atoms with E-state index in [1.807, 2.05) is 0 Å². The van der Waals surface area contributed by atoms with E-state index in [9.17, 15) is 4.79 Å². The van der Waals surface area contributed by atoms with E-state index in [-0.39, 0.29) is 5.91 Å². The maximum atomic E-state index is 11.2. The minimum absolute atomic E-state index is 0.120. The summed E-state index contributed by atoms with van der Waals surface area (Å²) in [6, 6.07) is 0.337. The van der Waals surface area contributed by atoms with Gasteiger partial charge in [0.2, 0.25) is 16.2 Å². The molecule has 0 radical (unpaired) electrons. The minimum atomic E-state index is -0.120. The number of hydrogen-bond acceptors (Lipinski definition) is 7. The van der Waals surface area contributed by atoms with Crippen molar-refractivity contribution in [3.05, 3.63) is 35.1 Å². The number of amides is 1. The van der Waals surface area contributed by atoms with Crippen LogP contribution in [0.4, 0.5) is 10.3 Å². The molecule has 1 N–H and O–H groups in total. The predicted octanol–water partition coefficient (Wildman–Crippen LogP) is 3.20. The second kappa shape index (κ2) is 8.67. The molecule has 1 aromatic rings. The van der Waals surface area contributed by atoms with Crippen molar-refractivity contribution in [2.75, 3.05) is 43.0 Å². The van der Waals surface area contributed by atoms with Crippen molar-refractivity contribution in [2.45, 2.75) is 39.7 Å². The van der Waals surface area contributed by atoms with Crippen molar-refractivity contribution >= 4 is 27.5 Å². The average Bonchev–Trinajstić information content (AvgIpc) is 3.34. The second-order valence-corrected chi connectivity index (χ2v) is 8.90. The van der Waals surface area contributed by atoms with E-state index in [0.29, 0.717) is 17.1 Å². The summed E-state index contributed by atoms with van der Waals surface area (Å²) in [5.41, 5.74) is 2.79. The van der Waals surface area contributed by atoms with Gasteiger partial charge < -0.3 is 15.0 Å². The summed E-state index contributed by atoms with van der Waals surface area (Å²) in [5.74, 6) is 1.54. The molecule has 1 amide bonds. The molecule has 1 saturated heterocycles. The predicted molar refractivity (Wildman–Crippen MR) is 116 cm³/mol. The quantitative estimate of drug-likeness (QED) is 0.814. The van der Waals surface area contributed by atoms with E-state index in [1.165, 1.54) is 29.4 Å². The molecule has 7 nitrogen and oxygen atoms in total. The third kappa shape index (κ3) is 4.53. The van der Waals surface area contributed by atoms with Gasteiger partial charge in [-0.25, -0.2) is 0 Å². The Morgan fingerprint density at radius 3 is 2.86 bits per heavy atom. The Kier molecular flexibility index (Phi) is 6.01. The van der Waals surface area contributed by atoms with Crippen LogP contribution in [0.25, 0.3) is 0 Å². The molecule has 2 atom stereocenters. The van der Waals surface area contributed by atoms with Gasteiger partial charge in [0.25, 0.3) is 0 Å². The zero-order chi connectivity index (χ0) is 20.4. The summed E-state index contributed by atoms with van der Waals surface area (Å²) < 4.78 is 5.93. The molecule has 2 aliphatic heterocycles. The first-order chi connectivity index (χ1) is 14.0. The van der Waals surface area contributed by atoms with Crippen molar-refractivity contribution in [1.82, 2.24) is 15.1 Å². The van der Waals surface area contributed by atoms with Crippen LogP contribution in [0.3, 0.4) is 0 Å². The molecule has 3 heterocycles. The van der Waals surface area contributed by atoms with Crippen LogP contribution in [0.1, 0.15) is 33.6 Å².